The quantitative estimate of drug-likeness (QED) is 0.886. The summed E-state index contributed by atoms with van der Waals surface area (Å²) >= 11 is 0. The number of nitrogens with one attached hydrogen (secondary N) is 1. The maximum Gasteiger partial charge on any atom is 0.306 e. The van der Waals surface area contributed by atoms with Crippen molar-refractivity contribution < 1.29 is 19.5 Å². The van der Waals surface area contributed by atoms with Gasteiger partial charge in [0.25, 0.3) is 5.91 Å². The van der Waals surface area contributed by atoms with Gasteiger partial charge >= 0.3 is 5.97 Å². The van der Waals surface area contributed by atoms with Gasteiger partial charge in [-0.15, -0.1) is 0 Å². The van der Waals surface area contributed by atoms with Crippen molar-refractivity contribution in [3.63, 3.8) is 0 Å². The molecule has 6 nitrogen and oxygen atoms in total. The van der Waals surface area contributed by atoms with Crippen molar-refractivity contribution in [2.45, 2.75) is 26.2 Å². The molecular weight excluding hydrogens is 308 g/mol. The zero-order chi connectivity index (χ0) is 17.3. The van der Waals surface area contributed by atoms with Crippen LogP contribution in [0.1, 0.15) is 36.5 Å². The van der Waals surface area contributed by atoms with Crippen LogP contribution in [-0.2, 0) is 9.59 Å². The molecule has 2 atom stereocenters. The van der Waals surface area contributed by atoms with Gasteiger partial charge in [0.15, 0.2) is 0 Å². The van der Waals surface area contributed by atoms with E-state index < -0.39 is 5.97 Å². The Bertz CT molecular complexity index is 647. The fourth-order valence-electron chi connectivity index (χ4n) is 3.13. The highest BCUT2D eigenvalue weighted by Crippen LogP contribution is 2.38. The second kappa shape index (κ2) is 6.63. The predicted octanol–water partition coefficient (Wildman–Crippen LogP) is 2.22. The van der Waals surface area contributed by atoms with Crippen molar-refractivity contribution in [2.75, 3.05) is 18.4 Å². The smallest absolute Gasteiger partial charge is 0.306 e. The molecule has 2 aliphatic rings. The Kier molecular flexibility index (Phi) is 4.55. The second-order valence-electron chi connectivity index (χ2n) is 6.79. The average molecular weight is 330 g/mol. The molecule has 2 amide bonds. The number of nitrogens with zero attached hydrogens (tertiary/aromatic N) is 1. The zero-order valence-corrected chi connectivity index (χ0v) is 13.7. The van der Waals surface area contributed by atoms with E-state index in [0.717, 1.165) is 6.42 Å². The number of hydrogen-bond donors (Lipinski definition) is 2. The number of aliphatic carboxylic acids is 1. The van der Waals surface area contributed by atoms with Crippen molar-refractivity contribution in [1.29, 1.82) is 0 Å². The predicted molar refractivity (Wildman–Crippen MR) is 88.6 cm³/mol. The van der Waals surface area contributed by atoms with Crippen LogP contribution in [0.2, 0.25) is 0 Å². The summed E-state index contributed by atoms with van der Waals surface area (Å²) in [6.07, 6.45) is 1.93. The van der Waals surface area contributed by atoms with Crippen molar-refractivity contribution in [2.24, 2.45) is 17.8 Å². The van der Waals surface area contributed by atoms with E-state index >= 15 is 0 Å². The van der Waals surface area contributed by atoms with Crippen LogP contribution >= 0.6 is 0 Å². The lowest BCUT2D eigenvalue weighted by Gasteiger charge is -2.30. The Hall–Kier alpha value is -2.37. The van der Waals surface area contributed by atoms with Crippen LogP contribution in [0.5, 0.6) is 0 Å². The van der Waals surface area contributed by atoms with Crippen LogP contribution in [0.25, 0.3) is 0 Å². The molecule has 0 radical (unpaired) electrons. The van der Waals surface area contributed by atoms with Crippen molar-refractivity contribution in [3.8, 4) is 0 Å². The minimum Gasteiger partial charge on any atom is -0.481 e. The van der Waals surface area contributed by atoms with Gasteiger partial charge in [0.2, 0.25) is 5.91 Å². The van der Waals surface area contributed by atoms with Crippen molar-refractivity contribution >= 4 is 23.5 Å². The molecule has 0 spiro atoms. The molecule has 1 heterocycles. The zero-order valence-electron chi connectivity index (χ0n) is 13.7. The molecule has 1 aliphatic heterocycles. The van der Waals surface area contributed by atoms with Crippen molar-refractivity contribution in [3.05, 3.63) is 29.8 Å². The monoisotopic (exact) mass is 330 g/mol. The number of carboxylic acids is 1. The number of amides is 2. The number of rotatable bonds is 4. The van der Waals surface area contributed by atoms with Gasteiger partial charge in [-0.1, -0.05) is 6.92 Å². The molecule has 3 rings (SSSR count). The van der Waals surface area contributed by atoms with Crippen LogP contribution in [0, 0.1) is 17.8 Å². The lowest BCUT2D eigenvalue weighted by atomic mass is 9.96. The lowest BCUT2D eigenvalue weighted by Crippen LogP contribution is -2.40. The number of likely N-dealkylation sites (tertiary alicyclic amines) is 1. The Morgan fingerprint density at radius 2 is 1.71 bits per heavy atom. The summed E-state index contributed by atoms with van der Waals surface area (Å²) in [5.41, 5.74) is 1.25. The molecule has 128 valence electrons. The summed E-state index contributed by atoms with van der Waals surface area (Å²) in [4.78, 5) is 37.0. The van der Waals surface area contributed by atoms with Crippen molar-refractivity contribution in [1.82, 2.24) is 4.90 Å². The number of anilines is 1. The fourth-order valence-corrected chi connectivity index (χ4v) is 3.13. The molecule has 1 saturated carbocycles. The first kappa shape index (κ1) is 16.5. The molecule has 0 unspecified atom stereocenters. The van der Waals surface area contributed by atoms with E-state index in [1.54, 1.807) is 29.2 Å². The van der Waals surface area contributed by atoms with Gasteiger partial charge in [0.05, 0.1) is 5.92 Å². The summed E-state index contributed by atoms with van der Waals surface area (Å²) in [7, 11) is 0. The highest BCUT2D eigenvalue weighted by Gasteiger charge is 2.39. The molecule has 0 aromatic heterocycles. The molecule has 1 aromatic rings. The van der Waals surface area contributed by atoms with Gasteiger partial charge < -0.3 is 15.3 Å². The largest absolute Gasteiger partial charge is 0.481 e. The molecule has 1 aliphatic carbocycles. The highest BCUT2D eigenvalue weighted by atomic mass is 16.4. The first-order valence-electron chi connectivity index (χ1n) is 8.38. The van der Waals surface area contributed by atoms with Gasteiger partial charge in [-0.3, -0.25) is 14.4 Å². The maximum atomic E-state index is 12.5. The topological polar surface area (TPSA) is 86.7 Å². The lowest BCUT2D eigenvalue weighted by molar-refractivity contribution is -0.143. The number of hydrogen-bond acceptors (Lipinski definition) is 3. The second-order valence-corrected chi connectivity index (χ2v) is 6.79. The summed E-state index contributed by atoms with van der Waals surface area (Å²) in [6.45, 7) is 2.99. The Morgan fingerprint density at radius 1 is 1.12 bits per heavy atom. The molecule has 0 bridgehead atoms. The van der Waals surface area contributed by atoms with E-state index in [2.05, 4.69) is 12.2 Å². The van der Waals surface area contributed by atoms with Crippen LogP contribution in [-0.4, -0.2) is 40.9 Å². The molecule has 2 N–H and O–H groups in total. The molecule has 2 fully saturated rings. The number of carbonyl (C=O) groups excluding carboxylic acids is 2. The van der Waals surface area contributed by atoms with E-state index in [9.17, 15) is 14.4 Å². The minimum atomic E-state index is -0.785. The highest BCUT2D eigenvalue weighted by molar-refractivity contribution is 5.97. The standard InChI is InChI=1S/C18H22N2O4/c1-11-10-15(11)16(21)19-14-4-2-12(3-5-14)17(22)20-8-6-13(7-9-20)18(23)24/h2-5,11,13,15H,6-10H2,1H3,(H,19,21)(H,23,24)/t11-,15-/m0/s1. The summed E-state index contributed by atoms with van der Waals surface area (Å²) < 4.78 is 0. The van der Waals surface area contributed by atoms with Gasteiger partial charge in [-0.05, 0) is 49.4 Å². The first-order chi connectivity index (χ1) is 11.5. The van der Waals surface area contributed by atoms with E-state index in [1.807, 2.05) is 0 Å². The molecule has 24 heavy (non-hydrogen) atoms. The maximum absolute atomic E-state index is 12.5. The molecular formula is C18H22N2O4. The minimum absolute atomic E-state index is 0.0392. The van der Waals surface area contributed by atoms with E-state index in [0.29, 0.717) is 43.1 Å². The third kappa shape index (κ3) is 3.58. The van der Waals surface area contributed by atoms with Crippen LogP contribution < -0.4 is 5.32 Å². The number of piperidine rings is 1. The third-order valence-electron chi connectivity index (χ3n) is 4.98. The van der Waals surface area contributed by atoms with Crippen LogP contribution in [0.15, 0.2) is 24.3 Å². The van der Waals surface area contributed by atoms with Gasteiger partial charge in [-0.25, -0.2) is 0 Å². The average Bonchev–Trinajstić information content (AvgIpc) is 3.32. The summed E-state index contributed by atoms with van der Waals surface area (Å²) in [6, 6.07) is 6.89. The number of carbonyl (C=O) groups is 3. The fraction of sp³-hybridized carbons (Fsp3) is 0.500. The Labute approximate surface area is 140 Å². The third-order valence-corrected chi connectivity index (χ3v) is 4.98. The molecule has 6 heteroatoms. The van der Waals surface area contributed by atoms with Crippen LogP contribution in [0.4, 0.5) is 5.69 Å². The normalized spacial score (nSPS) is 23.6. The first-order valence-corrected chi connectivity index (χ1v) is 8.38. The van der Waals surface area contributed by atoms with Crippen LogP contribution in [0.3, 0.4) is 0 Å². The molecule has 1 saturated heterocycles. The molecule has 1 aromatic carbocycles. The number of carboxylic acid groups (broad SMARTS) is 1. The van der Waals surface area contributed by atoms with E-state index in [4.69, 9.17) is 5.11 Å². The Balaban J connectivity index is 1.56. The summed E-state index contributed by atoms with van der Waals surface area (Å²) in [5.74, 6) is -0.616. The van der Waals surface area contributed by atoms with Gasteiger partial charge in [0.1, 0.15) is 0 Å². The summed E-state index contributed by atoms with van der Waals surface area (Å²) in [5, 5.41) is 11.9. The van der Waals surface area contributed by atoms with Gasteiger partial charge in [0, 0.05) is 30.3 Å². The van der Waals surface area contributed by atoms with Gasteiger partial charge in [-0.2, -0.15) is 0 Å². The SMILES string of the molecule is C[C@H]1C[C@@H]1C(=O)Nc1ccc(C(=O)N2CCC(C(=O)O)CC2)cc1. The Morgan fingerprint density at radius 3 is 2.21 bits per heavy atom. The van der Waals surface area contributed by atoms with E-state index in [1.165, 1.54) is 0 Å². The van der Waals surface area contributed by atoms with E-state index in [-0.39, 0.29) is 23.7 Å². The number of benzene rings is 1.